The Morgan fingerprint density at radius 3 is 2.52 bits per heavy atom. The van der Waals surface area contributed by atoms with Crippen molar-refractivity contribution >= 4 is 28.7 Å². The summed E-state index contributed by atoms with van der Waals surface area (Å²) in [4.78, 5) is 13.2. The van der Waals surface area contributed by atoms with Crippen LogP contribution in [0.15, 0.2) is 91.5 Å². The second-order valence-electron chi connectivity index (χ2n) is 8.33. The molecule has 2 unspecified atom stereocenters. The first kappa shape index (κ1) is 21.2. The minimum absolute atomic E-state index is 0.0516. The molecule has 33 heavy (non-hydrogen) atoms. The summed E-state index contributed by atoms with van der Waals surface area (Å²) in [5.41, 5.74) is 5.48. The lowest BCUT2D eigenvalue weighted by Crippen LogP contribution is -2.30. The highest BCUT2D eigenvalue weighted by Crippen LogP contribution is 2.42. The molecule has 4 aromatic rings. The molecule has 1 saturated heterocycles. The number of anilines is 2. The van der Waals surface area contributed by atoms with E-state index in [0.717, 1.165) is 29.2 Å². The molecule has 0 aliphatic carbocycles. The Bertz CT molecular complexity index is 1220. The molecule has 5 rings (SSSR count). The fraction of sp³-hybridized carbons (Fsp3) is 0.192. The van der Waals surface area contributed by atoms with Crippen molar-refractivity contribution in [3.63, 3.8) is 0 Å². The highest BCUT2D eigenvalue weighted by molar-refractivity contribution is 7.80. The topological polar surface area (TPSA) is 49.2 Å². The van der Waals surface area contributed by atoms with Crippen molar-refractivity contribution in [2.45, 2.75) is 18.6 Å². The van der Waals surface area contributed by atoms with E-state index in [4.69, 9.17) is 12.2 Å². The van der Waals surface area contributed by atoms with Gasteiger partial charge in [-0.2, -0.15) is 0 Å². The van der Waals surface area contributed by atoms with Gasteiger partial charge in [0.1, 0.15) is 6.04 Å². The van der Waals surface area contributed by atoms with Crippen LogP contribution in [-0.4, -0.2) is 33.7 Å². The van der Waals surface area contributed by atoms with E-state index in [1.54, 1.807) is 6.20 Å². The molecule has 1 fully saturated rings. The van der Waals surface area contributed by atoms with Crippen LogP contribution in [0.5, 0.6) is 0 Å². The van der Waals surface area contributed by atoms with E-state index in [9.17, 15) is 0 Å². The molecule has 0 bridgehead atoms. The second kappa shape index (κ2) is 9.03. The molecule has 1 aliphatic heterocycles. The number of rotatable bonds is 6. The predicted octanol–water partition coefficient (Wildman–Crippen LogP) is 4.57. The van der Waals surface area contributed by atoms with Crippen molar-refractivity contribution < 1.29 is 0 Å². The van der Waals surface area contributed by atoms with Gasteiger partial charge in [0.25, 0.3) is 0 Å². The molecular formula is C26H26N6S. The molecule has 4 heterocycles. The SMILES string of the molecule is CN(C)c1ccc(N2C(=S)NC(c3ccccn3)C2c2cccn2Cc2cccnc2)cc1. The van der Waals surface area contributed by atoms with Crippen LogP contribution in [0.1, 0.15) is 29.0 Å². The Balaban J connectivity index is 1.58. The van der Waals surface area contributed by atoms with Gasteiger partial charge >= 0.3 is 0 Å². The summed E-state index contributed by atoms with van der Waals surface area (Å²) in [7, 11) is 4.09. The van der Waals surface area contributed by atoms with Crippen LogP contribution in [0.3, 0.4) is 0 Å². The van der Waals surface area contributed by atoms with Crippen molar-refractivity contribution in [1.29, 1.82) is 0 Å². The summed E-state index contributed by atoms with van der Waals surface area (Å²) in [6, 6.07) is 22.7. The lowest BCUT2D eigenvalue weighted by atomic mass is 10.0. The van der Waals surface area contributed by atoms with E-state index >= 15 is 0 Å². The quantitative estimate of drug-likeness (QED) is 0.431. The van der Waals surface area contributed by atoms with E-state index in [1.165, 1.54) is 5.69 Å². The standard InChI is InChI=1S/C26H26N6S/c1-30(2)20-10-12-21(13-11-20)32-25(24(29-26(32)33)22-8-3-4-15-28-22)23-9-6-16-31(23)18-19-7-5-14-27-17-19/h3-17,24-25H,18H2,1-2H3,(H,29,33). The minimum atomic E-state index is -0.0743. The van der Waals surface area contributed by atoms with Gasteiger partial charge in [-0.3, -0.25) is 9.97 Å². The molecule has 7 heteroatoms. The number of pyridine rings is 2. The summed E-state index contributed by atoms with van der Waals surface area (Å²) in [5.74, 6) is 0. The molecule has 166 valence electrons. The van der Waals surface area contributed by atoms with Crippen LogP contribution >= 0.6 is 12.2 Å². The number of hydrogen-bond acceptors (Lipinski definition) is 4. The highest BCUT2D eigenvalue weighted by Gasteiger charge is 2.42. The Morgan fingerprint density at radius 1 is 0.970 bits per heavy atom. The average Bonchev–Trinajstić information content (AvgIpc) is 3.44. The first-order chi connectivity index (χ1) is 16.1. The molecule has 0 saturated carbocycles. The van der Waals surface area contributed by atoms with Crippen LogP contribution < -0.4 is 15.1 Å². The molecule has 1 N–H and O–H groups in total. The van der Waals surface area contributed by atoms with Crippen LogP contribution in [0, 0.1) is 0 Å². The normalized spacial score (nSPS) is 17.8. The summed E-state index contributed by atoms with van der Waals surface area (Å²) < 4.78 is 2.27. The third-order valence-electron chi connectivity index (χ3n) is 5.99. The van der Waals surface area contributed by atoms with Crippen molar-refractivity contribution in [2.24, 2.45) is 0 Å². The van der Waals surface area contributed by atoms with Crippen LogP contribution in [0.25, 0.3) is 0 Å². The maximum atomic E-state index is 5.87. The van der Waals surface area contributed by atoms with Crippen molar-refractivity contribution in [2.75, 3.05) is 23.9 Å². The zero-order valence-corrected chi connectivity index (χ0v) is 19.5. The largest absolute Gasteiger partial charge is 0.378 e. The highest BCUT2D eigenvalue weighted by atomic mass is 32.1. The molecule has 3 aromatic heterocycles. The van der Waals surface area contributed by atoms with Gasteiger partial charge in [0.2, 0.25) is 0 Å². The fourth-order valence-electron chi connectivity index (χ4n) is 4.37. The number of hydrogen-bond donors (Lipinski definition) is 1. The first-order valence-electron chi connectivity index (χ1n) is 10.9. The van der Waals surface area contributed by atoms with Gasteiger partial charge in [0.15, 0.2) is 5.11 Å². The van der Waals surface area contributed by atoms with Gasteiger partial charge in [-0.15, -0.1) is 0 Å². The van der Waals surface area contributed by atoms with E-state index in [2.05, 4.69) is 84.4 Å². The maximum Gasteiger partial charge on any atom is 0.174 e. The van der Waals surface area contributed by atoms with E-state index in [0.29, 0.717) is 5.11 Å². The molecule has 2 atom stereocenters. The summed E-state index contributed by atoms with van der Waals surface area (Å²) in [5, 5.41) is 4.24. The average molecular weight is 455 g/mol. The smallest absolute Gasteiger partial charge is 0.174 e. The summed E-state index contributed by atoms with van der Waals surface area (Å²) in [6.45, 7) is 0.738. The van der Waals surface area contributed by atoms with Gasteiger partial charge in [-0.1, -0.05) is 12.1 Å². The molecular weight excluding hydrogens is 428 g/mol. The van der Waals surface area contributed by atoms with E-state index in [-0.39, 0.29) is 12.1 Å². The van der Waals surface area contributed by atoms with Gasteiger partial charge in [-0.05, 0) is 72.4 Å². The summed E-state index contributed by atoms with van der Waals surface area (Å²) >= 11 is 5.87. The number of aromatic nitrogens is 3. The van der Waals surface area contributed by atoms with Crippen molar-refractivity contribution in [3.05, 3.63) is 108 Å². The molecule has 0 spiro atoms. The predicted molar refractivity (Wildman–Crippen MR) is 136 cm³/mol. The van der Waals surface area contributed by atoms with Crippen molar-refractivity contribution in [1.82, 2.24) is 19.9 Å². The van der Waals surface area contributed by atoms with Crippen LogP contribution in [0.4, 0.5) is 11.4 Å². The molecule has 0 amide bonds. The number of nitrogens with one attached hydrogen (secondary N) is 1. The van der Waals surface area contributed by atoms with Crippen LogP contribution in [0.2, 0.25) is 0 Å². The third kappa shape index (κ3) is 4.19. The van der Waals surface area contributed by atoms with E-state index < -0.39 is 0 Å². The van der Waals surface area contributed by atoms with Crippen molar-refractivity contribution in [3.8, 4) is 0 Å². The number of nitrogens with zero attached hydrogens (tertiary/aromatic N) is 5. The Morgan fingerprint density at radius 2 is 1.82 bits per heavy atom. The maximum absolute atomic E-state index is 5.87. The molecule has 1 aliphatic rings. The van der Waals surface area contributed by atoms with Gasteiger partial charge < -0.3 is 19.7 Å². The van der Waals surface area contributed by atoms with E-state index in [1.807, 2.05) is 44.7 Å². The third-order valence-corrected chi connectivity index (χ3v) is 6.30. The second-order valence-corrected chi connectivity index (χ2v) is 8.72. The Kier molecular flexibility index (Phi) is 5.79. The minimum Gasteiger partial charge on any atom is -0.378 e. The first-order valence-corrected chi connectivity index (χ1v) is 11.3. The molecule has 6 nitrogen and oxygen atoms in total. The zero-order chi connectivity index (χ0) is 22.8. The Labute approximate surface area is 199 Å². The monoisotopic (exact) mass is 454 g/mol. The zero-order valence-electron chi connectivity index (χ0n) is 18.7. The van der Waals surface area contributed by atoms with Gasteiger partial charge in [-0.25, -0.2) is 0 Å². The number of benzene rings is 1. The molecule has 1 aromatic carbocycles. The number of thiocarbonyl (C=S) groups is 1. The lowest BCUT2D eigenvalue weighted by Gasteiger charge is -2.29. The van der Waals surface area contributed by atoms with Gasteiger partial charge in [0, 0.05) is 62.5 Å². The fourth-order valence-corrected chi connectivity index (χ4v) is 4.72. The lowest BCUT2D eigenvalue weighted by molar-refractivity contribution is 0.533. The Hall–Kier alpha value is -3.71. The summed E-state index contributed by atoms with van der Waals surface area (Å²) in [6.07, 6.45) is 7.66. The van der Waals surface area contributed by atoms with Crippen LogP contribution in [-0.2, 0) is 6.54 Å². The molecule has 0 radical (unpaired) electrons. The van der Waals surface area contributed by atoms with Gasteiger partial charge in [0.05, 0.1) is 11.7 Å².